The molecule has 3 aromatic rings. The number of rotatable bonds is 3. The fourth-order valence-corrected chi connectivity index (χ4v) is 4.13. The van der Waals surface area contributed by atoms with E-state index < -0.39 is 52.7 Å². The van der Waals surface area contributed by atoms with E-state index in [-0.39, 0.29) is 17.1 Å². The molecule has 0 fully saturated rings. The highest BCUT2D eigenvalue weighted by atomic mass is 19.4. The molecule has 0 aliphatic rings. The van der Waals surface area contributed by atoms with E-state index in [1.807, 2.05) is 0 Å². The van der Waals surface area contributed by atoms with E-state index in [1.54, 1.807) is 0 Å². The fourth-order valence-electron chi connectivity index (χ4n) is 4.13. The van der Waals surface area contributed by atoms with Crippen LogP contribution in [0.25, 0.3) is 0 Å². The van der Waals surface area contributed by atoms with Gasteiger partial charge in [-0.3, -0.25) is 0 Å². The van der Waals surface area contributed by atoms with Crippen molar-refractivity contribution in [1.29, 1.82) is 0 Å². The smallest absolute Gasteiger partial charge is 0.399 e. The SMILES string of the molecule is Cc1ccc(C(C(F)(F)F)C(F)(F)F)cc1N.Cc1ccc(C(c2ccc(C)c(N)c2)(C(F)(F)F)C(F)(F)F)cc1N. The van der Waals surface area contributed by atoms with Crippen LogP contribution in [0, 0.1) is 20.8 Å². The van der Waals surface area contributed by atoms with E-state index in [9.17, 15) is 52.7 Å². The zero-order valence-corrected chi connectivity index (χ0v) is 22.0. The Morgan fingerprint density at radius 2 is 0.786 bits per heavy atom. The van der Waals surface area contributed by atoms with Crippen molar-refractivity contribution in [3.63, 3.8) is 0 Å². The van der Waals surface area contributed by atoms with Crippen molar-refractivity contribution >= 4 is 17.1 Å². The van der Waals surface area contributed by atoms with Crippen LogP contribution >= 0.6 is 0 Å². The first-order chi connectivity index (χ1) is 18.9. The van der Waals surface area contributed by atoms with Gasteiger partial charge < -0.3 is 17.2 Å². The Balaban J connectivity index is 0.000000317. The van der Waals surface area contributed by atoms with Crippen LogP contribution in [0.15, 0.2) is 54.6 Å². The average Bonchev–Trinajstić information content (AvgIpc) is 2.78. The monoisotopic (exact) mass is 619 g/mol. The van der Waals surface area contributed by atoms with Gasteiger partial charge in [0.2, 0.25) is 5.41 Å². The van der Waals surface area contributed by atoms with Gasteiger partial charge in [0.15, 0.2) is 5.92 Å². The summed E-state index contributed by atoms with van der Waals surface area (Å²) in [7, 11) is 0. The van der Waals surface area contributed by atoms with Gasteiger partial charge in [0, 0.05) is 17.1 Å². The summed E-state index contributed by atoms with van der Waals surface area (Å²) in [4.78, 5) is 0. The first-order valence-corrected chi connectivity index (χ1v) is 11.7. The molecule has 0 saturated heterocycles. The van der Waals surface area contributed by atoms with Crippen LogP contribution < -0.4 is 17.2 Å². The van der Waals surface area contributed by atoms with Crippen LogP contribution in [-0.4, -0.2) is 24.7 Å². The molecular weight excluding hydrogens is 594 g/mol. The number of anilines is 3. The van der Waals surface area contributed by atoms with Crippen LogP contribution in [0.4, 0.5) is 69.7 Å². The van der Waals surface area contributed by atoms with Gasteiger partial charge in [0.1, 0.15) is 0 Å². The Morgan fingerprint density at radius 3 is 1.05 bits per heavy atom. The van der Waals surface area contributed by atoms with Gasteiger partial charge >= 0.3 is 24.7 Å². The van der Waals surface area contributed by atoms with E-state index in [0.717, 1.165) is 36.4 Å². The first-order valence-electron chi connectivity index (χ1n) is 11.7. The van der Waals surface area contributed by atoms with Crippen molar-refractivity contribution < 1.29 is 52.7 Å². The zero-order valence-electron chi connectivity index (χ0n) is 22.0. The van der Waals surface area contributed by atoms with Gasteiger partial charge in [-0.05, 0) is 72.4 Å². The maximum Gasteiger partial charge on any atom is 0.411 e. The van der Waals surface area contributed by atoms with Crippen LogP contribution in [0.5, 0.6) is 0 Å². The van der Waals surface area contributed by atoms with Crippen LogP contribution in [0.3, 0.4) is 0 Å². The minimum atomic E-state index is -5.66. The number of halogens is 12. The number of hydrogen-bond donors (Lipinski definition) is 3. The van der Waals surface area contributed by atoms with E-state index >= 15 is 0 Å². The summed E-state index contributed by atoms with van der Waals surface area (Å²) in [6.07, 6.45) is -22.1. The first kappa shape index (κ1) is 34.4. The maximum absolute atomic E-state index is 13.9. The van der Waals surface area contributed by atoms with Gasteiger partial charge in [-0.25, -0.2) is 0 Å². The third-order valence-corrected chi connectivity index (χ3v) is 6.57. The van der Waals surface area contributed by atoms with Crippen LogP contribution in [0.2, 0.25) is 0 Å². The van der Waals surface area contributed by atoms with Crippen molar-refractivity contribution in [3.05, 3.63) is 88.0 Å². The van der Waals surface area contributed by atoms with Crippen LogP contribution in [-0.2, 0) is 5.41 Å². The molecule has 0 unspecified atom stereocenters. The number of aryl methyl sites for hydroxylation is 3. The molecule has 0 radical (unpaired) electrons. The molecule has 3 nitrogen and oxygen atoms in total. The van der Waals surface area contributed by atoms with Gasteiger partial charge in [0.25, 0.3) is 0 Å². The second-order valence-electron chi connectivity index (χ2n) is 9.52. The van der Waals surface area contributed by atoms with E-state index in [0.29, 0.717) is 34.9 Å². The minimum Gasteiger partial charge on any atom is -0.399 e. The third-order valence-electron chi connectivity index (χ3n) is 6.57. The molecule has 0 aliphatic carbocycles. The quantitative estimate of drug-likeness (QED) is 0.203. The lowest BCUT2D eigenvalue weighted by Crippen LogP contribution is -2.54. The molecule has 42 heavy (non-hydrogen) atoms. The third kappa shape index (κ3) is 6.81. The standard InChI is InChI=1S/C17H16F6N2.C10H9F6N/c1-9-3-5-11(7-13(9)24)15(16(18,19)20,17(21,22)23)12-6-4-10(2)14(25)8-12;1-5-2-3-6(4-7(5)17)8(9(11,12)13)10(14,15)16/h3-8H,24-25H2,1-2H3;2-4,8H,17H2,1H3. The number of nitrogen functional groups attached to an aromatic ring is 3. The summed E-state index contributed by atoms with van der Waals surface area (Å²) in [5, 5.41) is 0. The molecule has 15 heteroatoms. The second-order valence-corrected chi connectivity index (χ2v) is 9.52. The topological polar surface area (TPSA) is 78.1 Å². The number of hydrogen-bond acceptors (Lipinski definition) is 3. The Kier molecular flexibility index (Phi) is 9.41. The summed E-state index contributed by atoms with van der Waals surface area (Å²) in [6, 6.07) is 7.92. The van der Waals surface area contributed by atoms with Crippen molar-refractivity contribution in [2.45, 2.75) is 56.8 Å². The molecule has 6 N–H and O–H groups in total. The van der Waals surface area contributed by atoms with Gasteiger partial charge in [0.05, 0.1) is 0 Å². The molecule has 232 valence electrons. The lowest BCUT2D eigenvalue weighted by atomic mass is 9.72. The summed E-state index contributed by atoms with van der Waals surface area (Å²) in [5.41, 5.74) is 10.1. The van der Waals surface area contributed by atoms with E-state index in [4.69, 9.17) is 17.2 Å². The van der Waals surface area contributed by atoms with Gasteiger partial charge in [-0.2, -0.15) is 52.7 Å². The Hall–Kier alpha value is -3.78. The van der Waals surface area contributed by atoms with Crippen molar-refractivity contribution in [3.8, 4) is 0 Å². The minimum absolute atomic E-state index is 0.0963. The van der Waals surface area contributed by atoms with Gasteiger partial charge in [-0.1, -0.05) is 36.4 Å². The van der Waals surface area contributed by atoms with Crippen molar-refractivity contribution in [2.24, 2.45) is 0 Å². The lowest BCUT2D eigenvalue weighted by molar-refractivity contribution is -0.288. The molecule has 0 saturated carbocycles. The highest BCUT2D eigenvalue weighted by Gasteiger charge is 2.72. The number of alkyl halides is 12. The van der Waals surface area contributed by atoms with Crippen molar-refractivity contribution in [2.75, 3.05) is 17.2 Å². The zero-order chi connectivity index (χ0) is 32.6. The number of nitrogens with two attached hydrogens (primary N) is 3. The highest BCUT2D eigenvalue weighted by molar-refractivity contribution is 5.58. The maximum atomic E-state index is 13.9. The molecule has 3 rings (SSSR count). The highest BCUT2D eigenvalue weighted by Crippen LogP contribution is 2.56. The summed E-state index contributed by atoms with van der Waals surface area (Å²) >= 11 is 0. The largest absolute Gasteiger partial charge is 0.411 e. The predicted octanol–water partition coefficient (Wildman–Crippen LogP) is 8.66. The predicted molar refractivity (Wildman–Crippen MR) is 135 cm³/mol. The average molecular weight is 619 g/mol. The molecule has 0 heterocycles. The Bertz CT molecular complexity index is 1320. The summed E-state index contributed by atoms with van der Waals surface area (Å²) in [5.74, 6) is -3.50. The molecule has 0 spiro atoms. The van der Waals surface area contributed by atoms with E-state index in [2.05, 4.69) is 0 Å². The van der Waals surface area contributed by atoms with Gasteiger partial charge in [-0.15, -0.1) is 0 Å². The Labute approximate surface area is 232 Å². The molecule has 0 bridgehead atoms. The molecule has 0 amide bonds. The molecule has 0 aliphatic heterocycles. The number of benzene rings is 3. The molecular formula is C27H25F12N3. The Morgan fingerprint density at radius 1 is 0.476 bits per heavy atom. The molecule has 0 aromatic heterocycles. The summed E-state index contributed by atoms with van der Waals surface area (Å²) < 4.78 is 158. The summed E-state index contributed by atoms with van der Waals surface area (Å²) in [6.45, 7) is 4.48. The fraction of sp³-hybridized carbons (Fsp3) is 0.333. The van der Waals surface area contributed by atoms with Crippen LogP contribution in [0.1, 0.15) is 39.3 Å². The molecule has 3 aromatic carbocycles. The van der Waals surface area contributed by atoms with Crippen molar-refractivity contribution in [1.82, 2.24) is 0 Å². The van der Waals surface area contributed by atoms with E-state index in [1.165, 1.54) is 20.8 Å². The lowest BCUT2D eigenvalue weighted by Gasteiger charge is -2.38. The normalized spacial score (nSPS) is 13.1. The molecule has 0 atom stereocenters. The second kappa shape index (κ2) is 11.5.